The minimum Gasteiger partial charge on any atom is -0.508 e. The Kier molecular flexibility index (Phi) is 4.71. The first-order valence-electron chi connectivity index (χ1n) is 9.18. The molecule has 26 heavy (non-hydrogen) atoms. The Hall–Kier alpha value is -2.67. The quantitative estimate of drug-likeness (QED) is 0.734. The van der Waals surface area contributed by atoms with Crippen molar-refractivity contribution in [3.63, 3.8) is 0 Å². The van der Waals surface area contributed by atoms with Gasteiger partial charge in [0.25, 0.3) is 0 Å². The summed E-state index contributed by atoms with van der Waals surface area (Å²) in [6.45, 7) is 4.98. The third-order valence-electron chi connectivity index (χ3n) is 4.86. The molecule has 0 saturated carbocycles. The molecule has 0 spiro atoms. The van der Waals surface area contributed by atoms with Crippen LogP contribution in [0.4, 0.5) is 5.69 Å². The average molecular weight is 352 g/mol. The van der Waals surface area contributed by atoms with Crippen molar-refractivity contribution in [2.45, 2.75) is 38.8 Å². The standard InChI is InChI=1S/C19H24N6O/c1-2-15-10-18(19-22-20-13-25(19)23-15)21-16-6-4-8-24(12-16)11-14-5-3-7-17(26)9-14/h3,5,7,9-10,13,16,21,26H,2,4,6,8,11-12H2,1H3. The zero-order chi connectivity index (χ0) is 17.9. The number of nitrogens with one attached hydrogen (secondary N) is 1. The Morgan fingerprint density at radius 3 is 3.08 bits per heavy atom. The van der Waals surface area contributed by atoms with Crippen molar-refractivity contribution >= 4 is 11.3 Å². The highest BCUT2D eigenvalue weighted by Crippen LogP contribution is 2.22. The Labute approximate surface area is 152 Å². The van der Waals surface area contributed by atoms with Crippen LogP contribution in [0.5, 0.6) is 5.75 Å². The van der Waals surface area contributed by atoms with E-state index in [9.17, 15) is 5.11 Å². The molecule has 0 radical (unpaired) electrons. The van der Waals surface area contributed by atoms with Gasteiger partial charge < -0.3 is 10.4 Å². The van der Waals surface area contributed by atoms with E-state index in [4.69, 9.17) is 0 Å². The van der Waals surface area contributed by atoms with Crippen LogP contribution in [0.15, 0.2) is 36.7 Å². The van der Waals surface area contributed by atoms with Crippen molar-refractivity contribution in [1.29, 1.82) is 0 Å². The molecule has 0 bridgehead atoms. The summed E-state index contributed by atoms with van der Waals surface area (Å²) in [7, 11) is 0. The molecule has 1 saturated heterocycles. The largest absolute Gasteiger partial charge is 0.508 e. The van der Waals surface area contributed by atoms with Gasteiger partial charge in [-0.05, 0) is 49.6 Å². The summed E-state index contributed by atoms with van der Waals surface area (Å²) in [5.41, 5.74) is 3.93. The number of piperidine rings is 1. The van der Waals surface area contributed by atoms with E-state index in [1.54, 1.807) is 16.9 Å². The van der Waals surface area contributed by atoms with Gasteiger partial charge in [0.15, 0.2) is 0 Å². The van der Waals surface area contributed by atoms with E-state index in [2.05, 4.69) is 44.6 Å². The summed E-state index contributed by atoms with van der Waals surface area (Å²) in [6, 6.07) is 9.95. The van der Waals surface area contributed by atoms with Gasteiger partial charge in [0.1, 0.15) is 12.1 Å². The molecule has 1 fully saturated rings. The molecule has 3 heterocycles. The normalized spacial score (nSPS) is 18.3. The zero-order valence-corrected chi connectivity index (χ0v) is 15.0. The molecule has 7 nitrogen and oxygen atoms in total. The van der Waals surface area contributed by atoms with E-state index in [1.807, 2.05) is 12.1 Å². The topological polar surface area (TPSA) is 78.6 Å². The number of rotatable bonds is 5. The molecular weight excluding hydrogens is 328 g/mol. The fraction of sp³-hybridized carbons (Fsp3) is 0.421. The van der Waals surface area contributed by atoms with Crippen LogP contribution in [0.25, 0.3) is 5.65 Å². The number of fused-ring (bicyclic) bond motifs is 1. The van der Waals surface area contributed by atoms with Crippen LogP contribution in [0.2, 0.25) is 0 Å². The lowest BCUT2D eigenvalue weighted by Gasteiger charge is -2.33. The van der Waals surface area contributed by atoms with Gasteiger partial charge >= 0.3 is 0 Å². The second-order valence-electron chi connectivity index (χ2n) is 6.89. The summed E-state index contributed by atoms with van der Waals surface area (Å²) < 4.78 is 1.74. The van der Waals surface area contributed by atoms with Crippen molar-refractivity contribution in [1.82, 2.24) is 24.7 Å². The molecule has 3 aromatic rings. The highest BCUT2D eigenvalue weighted by atomic mass is 16.3. The third kappa shape index (κ3) is 3.62. The van der Waals surface area contributed by atoms with E-state index >= 15 is 0 Å². The van der Waals surface area contributed by atoms with Crippen molar-refractivity contribution in [3.8, 4) is 5.75 Å². The maximum atomic E-state index is 9.67. The highest BCUT2D eigenvalue weighted by molar-refractivity contribution is 5.67. The Morgan fingerprint density at radius 1 is 1.31 bits per heavy atom. The summed E-state index contributed by atoms with van der Waals surface area (Å²) in [5.74, 6) is 0.326. The molecule has 0 amide bonds. The van der Waals surface area contributed by atoms with Crippen LogP contribution in [-0.2, 0) is 13.0 Å². The maximum absolute atomic E-state index is 9.67. The molecule has 2 N–H and O–H groups in total. The molecule has 136 valence electrons. The number of aromatic nitrogens is 4. The first kappa shape index (κ1) is 16.8. The molecule has 1 atom stereocenters. The van der Waals surface area contributed by atoms with Crippen LogP contribution in [0, 0.1) is 0 Å². The lowest BCUT2D eigenvalue weighted by Crippen LogP contribution is -2.41. The van der Waals surface area contributed by atoms with Crippen LogP contribution < -0.4 is 5.32 Å². The summed E-state index contributed by atoms with van der Waals surface area (Å²) >= 11 is 0. The van der Waals surface area contributed by atoms with Gasteiger partial charge in [0.05, 0.1) is 11.4 Å². The minimum atomic E-state index is 0.326. The number of nitrogens with zero attached hydrogens (tertiary/aromatic N) is 5. The minimum absolute atomic E-state index is 0.326. The number of hydrogen-bond donors (Lipinski definition) is 2. The average Bonchev–Trinajstić information content (AvgIpc) is 3.11. The molecule has 1 aliphatic heterocycles. The van der Waals surface area contributed by atoms with Gasteiger partial charge in [-0.15, -0.1) is 10.2 Å². The van der Waals surface area contributed by atoms with E-state index in [-0.39, 0.29) is 0 Å². The highest BCUT2D eigenvalue weighted by Gasteiger charge is 2.21. The first-order chi connectivity index (χ1) is 12.7. The monoisotopic (exact) mass is 352 g/mol. The van der Waals surface area contributed by atoms with Gasteiger partial charge in [0.2, 0.25) is 5.65 Å². The summed E-state index contributed by atoms with van der Waals surface area (Å²) in [5, 5.41) is 26.0. The molecule has 1 unspecified atom stereocenters. The van der Waals surface area contributed by atoms with E-state index in [0.717, 1.165) is 61.5 Å². The van der Waals surface area contributed by atoms with Gasteiger partial charge in [-0.3, -0.25) is 4.90 Å². The van der Waals surface area contributed by atoms with E-state index in [0.29, 0.717) is 11.8 Å². The van der Waals surface area contributed by atoms with Crippen LogP contribution in [-0.4, -0.2) is 48.9 Å². The van der Waals surface area contributed by atoms with Crippen LogP contribution >= 0.6 is 0 Å². The predicted molar refractivity (Wildman–Crippen MR) is 100 cm³/mol. The Bertz CT molecular complexity index is 893. The lowest BCUT2D eigenvalue weighted by molar-refractivity contribution is 0.208. The van der Waals surface area contributed by atoms with Crippen LogP contribution in [0.1, 0.15) is 31.0 Å². The van der Waals surface area contributed by atoms with Crippen molar-refractivity contribution in [3.05, 3.63) is 47.9 Å². The number of anilines is 1. The Balaban J connectivity index is 1.48. The van der Waals surface area contributed by atoms with Gasteiger partial charge in [-0.1, -0.05) is 19.1 Å². The van der Waals surface area contributed by atoms with Gasteiger partial charge in [-0.2, -0.15) is 9.61 Å². The number of hydrogen-bond acceptors (Lipinski definition) is 6. The van der Waals surface area contributed by atoms with Gasteiger partial charge in [0, 0.05) is 19.1 Å². The summed E-state index contributed by atoms with van der Waals surface area (Å²) in [6.07, 6.45) is 4.79. The number of likely N-dealkylation sites (tertiary alicyclic amines) is 1. The first-order valence-corrected chi connectivity index (χ1v) is 9.18. The molecule has 1 aromatic carbocycles. The number of aromatic hydroxyl groups is 1. The lowest BCUT2D eigenvalue weighted by atomic mass is 10.0. The second kappa shape index (κ2) is 7.29. The van der Waals surface area contributed by atoms with Gasteiger partial charge in [-0.25, -0.2) is 0 Å². The smallest absolute Gasteiger partial charge is 0.200 e. The molecule has 4 rings (SSSR count). The molecule has 0 aliphatic carbocycles. The number of aryl methyl sites for hydroxylation is 1. The molecule has 2 aromatic heterocycles. The third-order valence-corrected chi connectivity index (χ3v) is 4.86. The predicted octanol–water partition coefficient (Wildman–Crippen LogP) is 2.47. The second-order valence-corrected chi connectivity index (χ2v) is 6.89. The van der Waals surface area contributed by atoms with E-state index < -0.39 is 0 Å². The number of benzene rings is 1. The fourth-order valence-electron chi connectivity index (χ4n) is 3.61. The number of phenols is 1. The fourth-order valence-corrected chi connectivity index (χ4v) is 3.61. The SMILES string of the molecule is CCc1cc(NC2CCCN(Cc3cccc(O)c3)C2)c2nncn2n1. The molecule has 7 heteroatoms. The zero-order valence-electron chi connectivity index (χ0n) is 15.0. The molecule has 1 aliphatic rings. The maximum Gasteiger partial charge on any atom is 0.200 e. The Morgan fingerprint density at radius 2 is 2.23 bits per heavy atom. The summed E-state index contributed by atoms with van der Waals surface area (Å²) in [4.78, 5) is 2.43. The van der Waals surface area contributed by atoms with Crippen molar-refractivity contribution in [2.75, 3.05) is 18.4 Å². The van der Waals surface area contributed by atoms with Crippen LogP contribution in [0.3, 0.4) is 0 Å². The van der Waals surface area contributed by atoms with E-state index in [1.165, 1.54) is 0 Å². The van der Waals surface area contributed by atoms with Crippen molar-refractivity contribution < 1.29 is 5.11 Å². The molecular formula is C19H24N6O. The van der Waals surface area contributed by atoms with Crippen molar-refractivity contribution in [2.24, 2.45) is 0 Å². The number of phenolic OH excluding ortho intramolecular Hbond substituents is 1.